The van der Waals surface area contributed by atoms with Crippen LogP contribution in [0.4, 0.5) is 0 Å². The fraction of sp³-hybridized carbons (Fsp3) is 0.917. The van der Waals surface area contributed by atoms with E-state index in [0.717, 1.165) is 13.1 Å². The van der Waals surface area contributed by atoms with E-state index in [4.69, 9.17) is 4.74 Å². The van der Waals surface area contributed by atoms with Gasteiger partial charge in [0.1, 0.15) is 0 Å². The van der Waals surface area contributed by atoms with Crippen molar-refractivity contribution in [3.63, 3.8) is 0 Å². The number of hydrogen-bond acceptors (Lipinski definition) is 4. The number of methoxy groups -OCH3 is 1. The lowest BCUT2D eigenvalue weighted by Crippen LogP contribution is -2.46. The number of likely N-dealkylation sites (tertiary alicyclic amines) is 1. The maximum absolute atomic E-state index is 11.5. The summed E-state index contributed by atoms with van der Waals surface area (Å²) in [6.45, 7) is 3.64. The summed E-state index contributed by atoms with van der Waals surface area (Å²) in [5.41, 5.74) is 0. The highest BCUT2D eigenvalue weighted by Crippen LogP contribution is 2.13. The molecule has 0 radical (unpaired) electrons. The Bertz CT molecular complexity index is 224. The van der Waals surface area contributed by atoms with Crippen molar-refractivity contribution in [3.05, 3.63) is 0 Å². The lowest BCUT2D eigenvalue weighted by molar-refractivity contribution is -0.120. The summed E-state index contributed by atoms with van der Waals surface area (Å²) in [6.07, 6.45) is 3.74. The predicted octanol–water partition coefficient (Wildman–Crippen LogP) is -0.177. The van der Waals surface area contributed by atoms with E-state index in [2.05, 4.69) is 22.6 Å². The van der Waals surface area contributed by atoms with Crippen LogP contribution in [-0.2, 0) is 9.53 Å². The average Bonchev–Trinajstić information content (AvgIpc) is 2.34. The van der Waals surface area contributed by atoms with Crippen molar-refractivity contribution < 1.29 is 9.53 Å². The van der Waals surface area contributed by atoms with E-state index in [1.807, 2.05) is 0 Å². The molecule has 17 heavy (non-hydrogen) atoms. The summed E-state index contributed by atoms with van der Waals surface area (Å²) in [7, 11) is 3.79. The Hall–Kier alpha value is -0.650. The van der Waals surface area contributed by atoms with Crippen LogP contribution in [0.25, 0.3) is 0 Å². The first kappa shape index (κ1) is 14.4. The molecular formula is C12H25N3O2. The van der Waals surface area contributed by atoms with Gasteiger partial charge in [-0.2, -0.15) is 0 Å². The first-order valence-corrected chi connectivity index (χ1v) is 6.40. The summed E-state index contributed by atoms with van der Waals surface area (Å²) < 4.78 is 4.89. The normalized spacial score (nSPS) is 21.4. The smallest absolute Gasteiger partial charge is 0.234 e. The summed E-state index contributed by atoms with van der Waals surface area (Å²) in [5.74, 6) is 0.0695. The van der Waals surface area contributed by atoms with Crippen LogP contribution in [0.5, 0.6) is 0 Å². The highest BCUT2D eigenvalue weighted by atomic mass is 16.5. The second-order valence-corrected chi connectivity index (χ2v) is 4.60. The molecule has 0 saturated carbocycles. The molecule has 0 aliphatic carbocycles. The van der Waals surface area contributed by atoms with E-state index in [-0.39, 0.29) is 5.91 Å². The van der Waals surface area contributed by atoms with Gasteiger partial charge in [0.15, 0.2) is 0 Å². The molecule has 100 valence electrons. The van der Waals surface area contributed by atoms with E-state index in [9.17, 15) is 4.79 Å². The van der Waals surface area contributed by atoms with Gasteiger partial charge in [-0.3, -0.25) is 4.79 Å². The third-order valence-corrected chi connectivity index (χ3v) is 3.22. The van der Waals surface area contributed by atoms with Crippen molar-refractivity contribution >= 4 is 5.91 Å². The number of ether oxygens (including phenoxy) is 1. The highest BCUT2D eigenvalue weighted by molar-refractivity contribution is 5.77. The second kappa shape index (κ2) is 8.44. The Kier molecular flexibility index (Phi) is 7.16. The standard InChI is InChI=1S/C12H25N3O2/c1-15-7-4-3-5-11(15)9-14-12(16)10-13-6-8-17-2/h11,13H,3-10H2,1-2H3,(H,14,16). The molecule has 1 aliphatic rings. The second-order valence-electron chi connectivity index (χ2n) is 4.60. The average molecular weight is 243 g/mol. The zero-order valence-corrected chi connectivity index (χ0v) is 11.0. The molecule has 2 N–H and O–H groups in total. The molecular weight excluding hydrogens is 218 g/mol. The number of carbonyl (C=O) groups is 1. The number of piperidine rings is 1. The summed E-state index contributed by atoms with van der Waals surface area (Å²) >= 11 is 0. The molecule has 0 aromatic rings. The zero-order valence-electron chi connectivity index (χ0n) is 11.0. The van der Waals surface area contributed by atoms with Crippen LogP contribution >= 0.6 is 0 Å². The largest absolute Gasteiger partial charge is 0.383 e. The van der Waals surface area contributed by atoms with Crippen molar-refractivity contribution in [1.29, 1.82) is 0 Å². The van der Waals surface area contributed by atoms with Crippen LogP contribution in [0.3, 0.4) is 0 Å². The van der Waals surface area contributed by atoms with E-state index >= 15 is 0 Å². The number of nitrogens with one attached hydrogen (secondary N) is 2. The number of hydrogen-bond donors (Lipinski definition) is 2. The van der Waals surface area contributed by atoms with E-state index in [1.165, 1.54) is 19.3 Å². The fourth-order valence-electron chi connectivity index (χ4n) is 2.07. The van der Waals surface area contributed by atoms with Crippen LogP contribution < -0.4 is 10.6 Å². The fourth-order valence-corrected chi connectivity index (χ4v) is 2.07. The number of nitrogens with zero attached hydrogens (tertiary/aromatic N) is 1. The quantitative estimate of drug-likeness (QED) is 0.609. The molecule has 0 bridgehead atoms. The molecule has 0 spiro atoms. The third-order valence-electron chi connectivity index (χ3n) is 3.22. The van der Waals surface area contributed by atoms with Gasteiger partial charge in [-0.25, -0.2) is 0 Å². The summed E-state index contributed by atoms with van der Waals surface area (Å²) in [4.78, 5) is 13.9. The highest BCUT2D eigenvalue weighted by Gasteiger charge is 2.18. The summed E-state index contributed by atoms with van der Waals surface area (Å²) in [5, 5.41) is 6.01. The lowest BCUT2D eigenvalue weighted by Gasteiger charge is -2.32. The topological polar surface area (TPSA) is 53.6 Å². The Morgan fingerprint density at radius 2 is 2.29 bits per heavy atom. The van der Waals surface area contributed by atoms with Gasteiger partial charge in [-0.15, -0.1) is 0 Å². The van der Waals surface area contributed by atoms with Crippen LogP contribution in [0, 0.1) is 0 Å². The molecule has 1 unspecified atom stereocenters. The Balaban J connectivity index is 2.06. The van der Waals surface area contributed by atoms with Gasteiger partial charge in [0.05, 0.1) is 13.2 Å². The van der Waals surface area contributed by atoms with Gasteiger partial charge in [0.25, 0.3) is 0 Å². The third kappa shape index (κ3) is 6.00. The lowest BCUT2D eigenvalue weighted by atomic mass is 10.0. The van der Waals surface area contributed by atoms with Crippen LogP contribution in [0.15, 0.2) is 0 Å². The van der Waals surface area contributed by atoms with E-state index < -0.39 is 0 Å². The predicted molar refractivity (Wildman–Crippen MR) is 68.0 cm³/mol. The van der Waals surface area contributed by atoms with E-state index in [0.29, 0.717) is 25.7 Å². The molecule has 1 heterocycles. The van der Waals surface area contributed by atoms with Gasteiger partial charge >= 0.3 is 0 Å². The molecule has 1 atom stereocenters. The van der Waals surface area contributed by atoms with Crippen molar-refractivity contribution in [2.75, 3.05) is 46.9 Å². The maximum atomic E-state index is 11.5. The minimum atomic E-state index is 0.0695. The molecule has 1 saturated heterocycles. The van der Waals surface area contributed by atoms with Gasteiger partial charge in [0, 0.05) is 26.2 Å². The van der Waals surface area contributed by atoms with E-state index in [1.54, 1.807) is 7.11 Å². The summed E-state index contributed by atoms with van der Waals surface area (Å²) in [6, 6.07) is 0.506. The number of carbonyl (C=O) groups excluding carboxylic acids is 1. The van der Waals surface area contributed by atoms with Gasteiger partial charge < -0.3 is 20.3 Å². The molecule has 5 heteroatoms. The van der Waals surface area contributed by atoms with Crippen LogP contribution in [0.2, 0.25) is 0 Å². The number of likely N-dealkylation sites (N-methyl/N-ethyl adjacent to an activating group) is 1. The monoisotopic (exact) mass is 243 g/mol. The van der Waals surface area contributed by atoms with Crippen LogP contribution in [-0.4, -0.2) is 63.8 Å². The number of amides is 1. The maximum Gasteiger partial charge on any atom is 0.234 e. The minimum Gasteiger partial charge on any atom is -0.383 e. The van der Waals surface area contributed by atoms with Gasteiger partial charge in [0.2, 0.25) is 5.91 Å². The molecule has 1 fully saturated rings. The van der Waals surface area contributed by atoms with Gasteiger partial charge in [-0.1, -0.05) is 6.42 Å². The SMILES string of the molecule is COCCNCC(=O)NCC1CCCCN1C. The molecule has 0 aromatic carbocycles. The molecule has 1 rings (SSSR count). The van der Waals surface area contributed by atoms with Gasteiger partial charge in [-0.05, 0) is 26.4 Å². The first-order chi connectivity index (χ1) is 8.24. The Morgan fingerprint density at radius 3 is 3.00 bits per heavy atom. The minimum absolute atomic E-state index is 0.0695. The Labute approximate surface area is 104 Å². The molecule has 1 aliphatic heterocycles. The van der Waals surface area contributed by atoms with Crippen molar-refractivity contribution in [1.82, 2.24) is 15.5 Å². The molecule has 5 nitrogen and oxygen atoms in total. The molecule has 0 aromatic heterocycles. The van der Waals surface area contributed by atoms with Crippen molar-refractivity contribution in [2.45, 2.75) is 25.3 Å². The van der Waals surface area contributed by atoms with Crippen molar-refractivity contribution in [3.8, 4) is 0 Å². The Morgan fingerprint density at radius 1 is 1.47 bits per heavy atom. The van der Waals surface area contributed by atoms with Crippen molar-refractivity contribution in [2.24, 2.45) is 0 Å². The molecule has 1 amide bonds. The number of rotatable bonds is 7. The van der Waals surface area contributed by atoms with Crippen LogP contribution in [0.1, 0.15) is 19.3 Å². The first-order valence-electron chi connectivity index (χ1n) is 6.40. The zero-order chi connectivity index (χ0) is 12.5.